The molecule has 1 aromatic carbocycles. The molecule has 0 saturated heterocycles. The molecular weight excluding hydrogens is 172 g/mol. The molecule has 0 amide bonds. The van der Waals surface area contributed by atoms with Gasteiger partial charge >= 0.3 is 0 Å². The molecule has 0 unspecified atom stereocenters. The highest BCUT2D eigenvalue weighted by Crippen LogP contribution is 2.23. The zero-order valence-electron chi connectivity index (χ0n) is 6.85. The van der Waals surface area contributed by atoms with E-state index in [0.717, 1.165) is 5.56 Å². The Kier molecular flexibility index (Phi) is 1.51. The minimum atomic E-state index is -0.431. The second-order valence-corrected chi connectivity index (χ2v) is 2.77. The minimum absolute atomic E-state index is 0.0631. The minimum Gasteiger partial charge on any atom is -0.363 e. The van der Waals surface area contributed by atoms with Gasteiger partial charge < -0.3 is 4.52 Å². The lowest BCUT2D eigenvalue weighted by Crippen LogP contribution is -1.88. The fourth-order valence-corrected chi connectivity index (χ4v) is 1.24. The van der Waals surface area contributed by atoms with Crippen LogP contribution < -0.4 is 0 Å². The van der Waals surface area contributed by atoms with Crippen molar-refractivity contribution in [2.45, 2.75) is 6.92 Å². The van der Waals surface area contributed by atoms with E-state index < -0.39 is 4.92 Å². The van der Waals surface area contributed by atoms with E-state index >= 15 is 0 Å². The molecule has 0 N–H and O–H groups in total. The van der Waals surface area contributed by atoms with Crippen LogP contribution in [-0.2, 0) is 0 Å². The smallest absolute Gasteiger partial charge is 0.270 e. The average molecular weight is 178 g/mol. The van der Waals surface area contributed by atoms with Gasteiger partial charge in [-0.3, -0.25) is 10.1 Å². The highest BCUT2D eigenvalue weighted by Gasteiger charge is 2.10. The summed E-state index contributed by atoms with van der Waals surface area (Å²) < 4.78 is 4.71. The van der Waals surface area contributed by atoms with Crippen LogP contribution in [0.4, 0.5) is 5.69 Å². The molecule has 0 atom stereocenters. The van der Waals surface area contributed by atoms with Gasteiger partial charge in [-0.15, -0.1) is 0 Å². The molecule has 0 fully saturated rings. The summed E-state index contributed by atoms with van der Waals surface area (Å²) in [6, 6.07) is 2.92. The standard InChI is InChI=1S/C8H6N2O3/c1-5-2-7(10(11)12)3-6-4-13-9-8(5)6/h2-4H,1H3. The van der Waals surface area contributed by atoms with Crippen molar-refractivity contribution in [1.29, 1.82) is 0 Å². The number of aryl methyl sites for hydroxylation is 1. The summed E-state index contributed by atoms with van der Waals surface area (Å²) in [5, 5.41) is 14.9. The zero-order chi connectivity index (χ0) is 9.42. The van der Waals surface area contributed by atoms with Crippen molar-refractivity contribution in [1.82, 2.24) is 5.16 Å². The largest absolute Gasteiger partial charge is 0.363 e. The lowest BCUT2D eigenvalue weighted by Gasteiger charge is -1.93. The number of nitro benzene ring substituents is 1. The summed E-state index contributed by atoms with van der Waals surface area (Å²) in [7, 11) is 0. The van der Waals surface area contributed by atoms with Gasteiger partial charge in [-0.05, 0) is 12.5 Å². The molecule has 5 nitrogen and oxygen atoms in total. The second-order valence-electron chi connectivity index (χ2n) is 2.77. The van der Waals surface area contributed by atoms with E-state index in [1.165, 1.54) is 18.4 Å². The molecule has 0 saturated carbocycles. The second kappa shape index (κ2) is 2.55. The van der Waals surface area contributed by atoms with E-state index in [1.54, 1.807) is 6.92 Å². The molecule has 66 valence electrons. The average Bonchev–Trinajstić information content (AvgIpc) is 2.51. The Hall–Kier alpha value is -1.91. The van der Waals surface area contributed by atoms with Gasteiger partial charge in [0.25, 0.3) is 5.69 Å². The molecule has 0 bridgehead atoms. The summed E-state index contributed by atoms with van der Waals surface area (Å²) in [4.78, 5) is 10.0. The third kappa shape index (κ3) is 1.14. The van der Waals surface area contributed by atoms with Gasteiger partial charge in [0.1, 0.15) is 11.8 Å². The Labute approximate surface area is 73.1 Å². The van der Waals surface area contributed by atoms with Crippen LogP contribution >= 0.6 is 0 Å². The quantitative estimate of drug-likeness (QED) is 0.495. The lowest BCUT2D eigenvalue weighted by atomic mass is 10.1. The van der Waals surface area contributed by atoms with Gasteiger partial charge in [0.2, 0.25) is 0 Å². The highest BCUT2D eigenvalue weighted by atomic mass is 16.6. The number of non-ortho nitro benzene ring substituents is 1. The van der Waals surface area contributed by atoms with Crippen LogP contribution in [0.15, 0.2) is 22.9 Å². The van der Waals surface area contributed by atoms with Crippen LogP contribution in [-0.4, -0.2) is 10.1 Å². The Balaban J connectivity index is 2.77. The topological polar surface area (TPSA) is 69.2 Å². The normalized spacial score (nSPS) is 10.5. The third-order valence-electron chi connectivity index (χ3n) is 1.85. The van der Waals surface area contributed by atoms with Gasteiger partial charge in [-0.1, -0.05) is 5.16 Å². The third-order valence-corrected chi connectivity index (χ3v) is 1.85. The van der Waals surface area contributed by atoms with Crippen molar-refractivity contribution < 1.29 is 9.45 Å². The monoisotopic (exact) mass is 178 g/mol. The Morgan fingerprint density at radius 1 is 1.54 bits per heavy atom. The number of nitro groups is 1. The van der Waals surface area contributed by atoms with Crippen molar-refractivity contribution in [3.8, 4) is 0 Å². The summed E-state index contributed by atoms with van der Waals surface area (Å²) in [6.07, 6.45) is 1.40. The van der Waals surface area contributed by atoms with Crippen LogP contribution in [0, 0.1) is 17.0 Å². The molecule has 0 spiro atoms. The molecule has 5 heteroatoms. The number of benzene rings is 1. The van der Waals surface area contributed by atoms with Crippen LogP contribution in [0.3, 0.4) is 0 Å². The summed E-state index contributed by atoms with van der Waals surface area (Å²) in [6.45, 7) is 1.76. The molecule has 0 aliphatic carbocycles. The maximum absolute atomic E-state index is 10.5. The van der Waals surface area contributed by atoms with Gasteiger partial charge in [0.15, 0.2) is 0 Å². The van der Waals surface area contributed by atoms with Crippen molar-refractivity contribution in [3.05, 3.63) is 34.1 Å². The number of rotatable bonds is 1. The Morgan fingerprint density at radius 3 is 3.00 bits per heavy atom. The molecule has 2 aromatic rings. The summed E-state index contributed by atoms with van der Waals surface area (Å²) >= 11 is 0. The van der Waals surface area contributed by atoms with E-state index in [2.05, 4.69) is 5.16 Å². The molecule has 0 radical (unpaired) electrons. The molecule has 2 rings (SSSR count). The first-order valence-electron chi connectivity index (χ1n) is 3.67. The van der Waals surface area contributed by atoms with Crippen LogP contribution in [0.25, 0.3) is 10.9 Å². The van der Waals surface area contributed by atoms with Gasteiger partial charge in [0, 0.05) is 17.5 Å². The molecule has 1 aromatic heterocycles. The lowest BCUT2D eigenvalue weighted by molar-refractivity contribution is -0.384. The van der Waals surface area contributed by atoms with Crippen molar-refractivity contribution >= 4 is 16.6 Å². The van der Waals surface area contributed by atoms with E-state index in [0.29, 0.717) is 10.9 Å². The van der Waals surface area contributed by atoms with E-state index in [4.69, 9.17) is 4.52 Å². The van der Waals surface area contributed by atoms with Crippen molar-refractivity contribution in [2.75, 3.05) is 0 Å². The maximum atomic E-state index is 10.5. The molecule has 13 heavy (non-hydrogen) atoms. The first kappa shape index (κ1) is 7.72. The fraction of sp³-hybridized carbons (Fsp3) is 0.125. The Morgan fingerprint density at radius 2 is 2.31 bits per heavy atom. The number of nitrogens with zero attached hydrogens (tertiary/aromatic N) is 2. The number of aromatic nitrogens is 1. The summed E-state index contributed by atoms with van der Waals surface area (Å²) in [5.74, 6) is 0. The molecule has 1 heterocycles. The van der Waals surface area contributed by atoms with E-state index in [9.17, 15) is 10.1 Å². The highest BCUT2D eigenvalue weighted by molar-refractivity contribution is 5.83. The maximum Gasteiger partial charge on any atom is 0.270 e. The van der Waals surface area contributed by atoms with Gasteiger partial charge in [0.05, 0.1) is 4.92 Å². The van der Waals surface area contributed by atoms with Crippen LogP contribution in [0.1, 0.15) is 5.56 Å². The van der Waals surface area contributed by atoms with E-state index in [1.807, 2.05) is 0 Å². The fourth-order valence-electron chi connectivity index (χ4n) is 1.24. The first-order valence-corrected chi connectivity index (χ1v) is 3.67. The Bertz CT molecular complexity index is 475. The number of fused-ring (bicyclic) bond motifs is 1. The first-order chi connectivity index (χ1) is 6.18. The zero-order valence-corrected chi connectivity index (χ0v) is 6.85. The van der Waals surface area contributed by atoms with Gasteiger partial charge in [-0.25, -0.2) is 0 Å². The molecular formula is C8H6N2O3. The molecule has 0 aliphatic rings. The van der Waals surface area contributed by atoms with Crippen molar-refractivity contribution in [3.63, 3.8) is 0 Å². The summed E-state index contributed by atoms with van der Waals surface area (Å²) in [5.41, 5.74) is 1.48. The SMILES string of the molecule is Cc1cc([N+](=O)[O-])cc2conc12. The number of hydrogen-bond acceptors (Lipinski definition) is 4. The van der Waals surface area contributed by atoms with Crippen molar-refractivity contribution in [2.24, 2.45) is 0 Å². The van der Waals surface area contributed by atoms with Crippen LogP contribution in [0.2, 0.25) is 0 Å². The predicted octanol–water partition coefficient (Wildman–Crippen LogP) is 2.04. The van der Waals surface area contributed by atoms with Crippen LogP contribution in [0.5, 0.6) is 0 Å². The predicted molar refractivity (Wildman–Crippen MR) is 45.4 cm³/mol. The van der Waals surface area contributed by atoms with E-state index in [-0.39, 0.29) is 5.69 Å². The number of hydrogen-bond donors (Lipinski definition) is 0. The van der Waals surface area contributed by atoms with Gasteiger partial charge in [-0.2, -0.15) is 0 Å². The molecule has 0 aliphatic heterocycles.